The molecule has 2 aliphatic rings. The van der Waals surface area contributed by atoms with Gasteiger partial charge in [-0.1, -0.05) is 42.5 Å². The van der Waals surface area contributed by atoms with E-state index in [-0.39, 0.29) is 24.0 Å². The van der Waals surface area contributed by atoms with Gasteiger partial charge in [0.15, 0.2) is 0 Å². The van der Waals surface area contributed by atoms with Gasteiger partial charge < -0.3 is 25.2 Å². The van der Waals surface area contributed by atoms with Gasteiger partial charge in [0.2, 0.25) is 0 Å². The van der Waals surface area contributed by atoms with Crippen molar-refractivity contribution in [1.82, 2.24) is 5.32 Å². The minimum absolute atomic E-state index is 0.0515. The largest absolute Gasteiger partial charge is 0.508 e. The Morgan fingerprint density at radius 1 is 0.949 bits per heavy atom. The summed E-state index contributed by atoms with van der Waals surface area (Å²) in [6, 6.07) is 22.6. The molecule has 0 bridgehead atoms. The number of carbonyl (C=O) groups is 2. The zero-order chi connectivity index (χ0) is 27.2. The van der Waals surface area contributed by atoms with Gasteiger partial charge in [0, 0.05) is 25.7 Å². The number of ether oxygens (including phenoxy) is 1. The predicted molar refractivity (Wildman–Crippen MR) is 150 cm³/mol. The van der Waals surface area contributed by atoms with Gasteiger partial charge in [0.1, 0.15) is 11.5 Å². The number of aromatic hydroxyl groups is 1. The van der Waals surface area contributed by atoms with Crippen LogP contribution in [0.4, 0.5) is 5.69 Å². The molecule has 1 amide bonds. The number of carbonyl (C=O) groups excluding carboxylic acids is 1. The monoisotopic (exact) mass is 528 g/mol. The van der Waals surface area contributed by atoms with Crippen LogP contribution in [0.25, 0.3) is 0 Å². The lowest BCUT2D eigenvalue weighted by Crippen LogP contribution is -2.37. The number of aliphatic carboxylic acids is 1. The van der Waals surface area contributed by atoms with E-state index in [0.29, 0.717) is 30.6 Å². The van der Waals surface area contributed by atoms with E-state index in [1.807, 2.05) is 54.6 Å². The predicted octanol–water partition coefficient (Wildman–Crippen LogP) is 5.59. The number of amides is 1. The molecule has 1 unspecified atom stereocenters. The Kier molecular flexibility index (Phi) is 8.35. The highest BCUT2D eigenvalue weighted by molar-refractivity contribution is 6.00. The maximum Gasteiger partial charge on any atom is 0.303 e. The number of hydrogen-bond acceptors (Lipinski definition) is 5. The van der Waals surface area contributed by atoms with E-state index in [2.05, 4.69) is 10.2 Å². The topological polar surface area (TPSA) is 99.1 Å². The first-order chi connectivity index (χ1) is 19.0. The quantitative estimate of drug-likeness (QED) is 0.300. The summed E-state index contributed by atoms with van der Waals surface area (Å²) >= 11 is 0. The second kappa shape index (κ2) is 12.2. The molecule has 204 valence electrons. The van der Waals surface area contributed by atoms with E-state index in [9.17, 15) is 19.8 Å². The van der Waals surface area contributed by atoms with Crippen LogP contribution in [-0.4, -0.2) is 41.8 Å². The summed E-state index contributed by atoms with van der Waals surface area (Å²) in [4.78, 5) is 26.6. The molecule has 3 N–H and O–H groups in total. The molecule has 1 saturated carbocycles. The van der Waals surface area contributed by atoms with Crippen LogP contribution in [0, 0.1) is 11.8 Å². The summed E-state index contributed by atoms with van der Waals surface area (Å²) in [6.07, 6.45) is 4.16. The number of phenolic OH excluding ortho intramolecular Hbond substituents is 1. The van der Waals surface area contributed by atoms with E-state index in [1.54, 1.807) is 18.2 Å². The molecule has 3 aromatic rings. The molecule has 0 aromatic heterocycles. The highest BCUT2D eigenvalue weighted by Crippen LogP contribution is 2.45. The fourth-order valence-electron chi connectivity index (χ4n) is 5.48. The summed E-state index contributed by atoms with van der Waals surface area (Å²) in [5.74, 6) is 0.897. The summed E-state index contributed by atoms with van der Waals surface area (Å²) in [5, 5.41) is 22.5. The Bertz CT molecular complexity index is 1280. The van der Waals surface area contributed by atoms with Gasteiger partial charge >= 0.3 is 5.97 Å². The van der Waals surface area contributed by atoms with Crippen LogP contribution in [0.5, 0.6) is 11.5 Å². The minimum atomic E-state index is -0.756. The Balaban J connectivity index is 1.16. The first-order valence-corrected chi connectivity index (χ1v) is 13.8. The molecule has 39 heavy (non-hydrogen) atoms. The molecule has 1 heterocycles. The molecule has 1 aliphatic heterocycles. The first kappa shape index (κ1) is 26.6. The van der Waals surface area contributed by atoms with Crippen molar-refractivity contribution in [2.24, 2.45) is 11.8 Å². The normalized spacial score (nSPS) is 16.5. The van der Waals surface area contributed by atoms with Crippen molar-refractivity contribution in [3.05, 3.63) is 89.5 Å². The fourth-order valence-corrected chi connectivity index (χ4v) is 5.48. The van der Waals surface area contributed by atoms with Gasteiger partial charge in [-0.25, -0.2) is 0 Å². The number of anilines is 1. The van der Waals surface area contributed by atoms with Crippen LogP contribution in [0.3, 0.4) is 0 Å². The van der Waals surface area contributed by atoms with Crippen LogP contribution in [-0.2, 0) is 11.3 Å². The second-order valence-electron chi connectivity index (χ2n) is 10.7. The number of piperidine rings is 1. The van der Waals surface area contributed by atoms with Crippen molar-refractivity contribution < 1.29 is 24.5 Å². The van der Waals surface area contributed by atoms with Crippen molar-refractivity contribution >= 4 is 17.6 Å². The lowest BCUT2D eigenvalue weighted by atomic mass is 9.91. The smallest absolute Gasteiger partial charge is 0.303 e. The summed E-state index contributed by atoms with van der Waals surface area (Å²) < 4.78 is 6.17. The third kappa shape index (κ3) is 7.11. The van der Waals surface area contributed by atoms with Crippen LogP contribution >= 0.6 is 0 Å². The molecule has 1 saturated heterocycles. The van der Waals surface area contributed by atoms with Crippen LogP contribution < -0.4 is 15.0 Å². The minimum Gasteiger partial charge on any atom is -0.508 e. The first-order valence-electron chi connectivity index (χ1n) is 13.8. The van der Waals surface area contributed by atoms with Crippen LogP contribution in [0.15, 0.2) is 72.8 Å². The number of carboxylic acids is 1. The zero-order valence-electron chi connectivity index (χ0n) is 22.1. The van der Waals surface area contributed by atoms with Crippen molar-refractivity contribution in [2.45, 2.75) is 44.6 Å². The fraction of sp³-hybridized carbons (Fsp3) is 0.375. The van der Waals surface area contributed by atoms with Gasteiger partial charge in [0.05, 0.1) is 24.3 Å². The van der Waals surface area contributed by atoms with Gasteiger partial charge in [-0.05, 0) is 78.8 Å². The average molecular weight is 529 g/mol. The van der Waals surface area contributed by atoms with E-state index in [1.165, 1.54) is 0 Å². The van der Waals surface area contributed by atoms with Crippen LogP contribution in [0.1, 0.15) is 59.5 Å². The van der Waals surface area contributed by atoms with Crippen molar-refractivity contribution in [1.29, 1.82) is 0 Å². The maximum absolute atomic E-state index is 13.0. The molecule has 3 aromatic carbocycles. The molecule has 7 nitrogen and oxygen atoms in total. The van der Waals surface area contributed by atoms with E-state index < -0.39 is 5.97 Å². The number of benzene rings is 3. The van der Waals surface area contributed by atoms with Crippen molar-refractivity contribution in [3.63, 3.8) is 0 Å². The molecule has 1 aliphatic carbocycles. The molecular weight excluding hydrogens is 492 g/mol. The number of carboxylic acid groups (broad SMARTS) is 1. The number of rotatable bonds is 11. The third-order valence-corrected chi connectivity index (χ3v) is 7.83. The Hall–Kier alpha value is -4.00. The molecule has 0 radical (unpaired) electrons. The van der Waals surface area contributed by atoms with Crippen LogP contribution in [0.2, 0.25) is 0 Å². The maximum atomic E-state index is 13.0. The highest BCUT2D eigenvalue weighted by atomic mass is 16.5. The molecule has 7 heteroatoms. The van der Waals surface area contributed by atoms with Crippen molar-refractivity contribution in [2.75, 3.05) is 24.6 Å². The number of nitrogens with one attached hydrogen (secondary N) is 1. The van der Waals surface area contributed by atoms with Crippen molar-refractivity contribution in [3.8, 4) is 11.5 Å². The number of hydrogen-bond donors (Lipinski definition) is 3. The standard InChI is InChI=1S/C32H36N2O5/c35-26-11-12-28(32(38)33-20-22-5-2-1-3-6-22)30(18-26)34-15-13-23(14-16-34)21-39-27-8-4-7-25(17-27)29(19-31(36)37)24-9-10-24/h1-8,11-12,17-18,23-24,29,35H,9-10,13-16,19-21H2,(H,33,38)(H,36,37). The zero-order valence-corrected chi connectivity index (χ0v) is 22.1. The number of nitrogens with zero attached hydrogens (tertiary/aromatic N) is 1. The lowest BCUT2D eigenvalue weighted by molar-refractivity contribution is -0.137. The molecule has 0 spiro atoms. The summed E-state index contributed by atoms with van der Waals surface area (Å²) in [6.45, 7) is 2.56. The molecular formula is C32H36N2O5. The molecule has 2 fully saturated rings. The Morgan fingerprint density at radius 3 is 2.44 bits per heavy atom. The highest BCUT2D eigenvalue weighted by Gasteiger charge is 2.34. The SMILES string of the molecule is O=C(O)CC(c1cccc(OCC2CCN(c3cc(O)ccc3C(=O)NCc3ccccc3)CC2)c1)C1CC1. The number of phenols is 1. The van der Waals surface area contributed by atoms with E-state index in [4.69, 9.17) is 4.74 Å². The molecule has 5 rings (SSSR count). The molecule has 1 atom stereocenters. The second-order valence-corrected chi connectivity index (χ2v) is 10.7. The van der Waals surface area contributed by atoms with Gasteiger partial charge in [-0.3, -0.25) is 9.59 Å². The summed E-state index contributed by atoms with van der Waals surface area (Å²) in [7, 11) is 0. The van der Waals surface area contributed by atoms with Gasteiger partial charge in [0.25, 0.3) is 5.91 Å². The van der Waals surface area contributed by atoms with Gasteiger partial charge in [-0.2, -0.15) is 0 Å². The van der Waals surface area contributed by atoms with E-state index >= 15 is 0 Å². The summed E-state index contributed by atoms with van der Waals surface area (Å²) in [5.41, 5.74) is 3.38. The average Bonchev–Trinajstić information content (AvgIpc) is 3.80. The lowest BCUT2D eigenvalue weighted by Gasteiger charge is -2.34. The Labute approximate surface area is 229 Å². The Morgan fingerprint density at radius 2 is 1.72 bits per heavy atom. The van der Waals surface area contributed by atoms with Gasteiger partial charge in [-0.15, -0.1) is 0 Å². The third-order valence-electron chi connectivity index (χ3n) is 7.83. The van der Waals surface area contributed by atoms with E-state index in [0.717, 1.165) is 61.3 Å².